The van der Waals surface area contributed by atoms with Crippen molar-refractivity contribution in [3.05, 3.63) is 46.4 Å². The van der Waals surface area contributed by atoms with E-state index < -0.39 is 0 Å². The van der Waals surface area contributed by atoms with Gasteiger partial charge >= 0.3 is 0 Å². The second-order valence-electron chi connectivity index (χ2n) is 7.18. The van der Waals surface area contributed by atoms with E-state index in [1.54, 1.807) is 24.3 Å². The van der Waals surface area contributed by atoms with Crippen molar-refractivity contribution in [3.8, 4) is 0 Å². The first-order valence-corrected chi connectivity index (χ1v) is 8.72. The van der Waals surface area contributed by atoms with Crippen LogP contribution in [0.4, 0.5) is 11.4 Å². The quantitative estimate of drug-likeness (QED) is 0.647. The maximum atomic E-state index is 12.4. The first-order chi connectivity index (χ1) is 11.7. The van der Waals surface area contributed by atoms with Crippen molar-refractivity contribution in [1.29, 1.82) is 0 Å². The molecule has 3 N–H and O–H groups in total. The number of carbonyl (C=O) groups excluding carboxylic acids is 1. The lowest BCUT2D eigenvalue weighted by molar-refractivity contribution is 0.102. The SMILES string of the molecule is CC(C)(C)Cn1nnc2c(Br)c(NC(=O)c3cccc(N)c3)ccc21. The highest BCUT2D eigenvalue weighted by molar-refractivity contribution is 9.10. The maximum Gasteiger partial charge on any atom is 0.255 e. The topological polar surface area (TPSA) is 85.8 Å². The van der Waals surface area contributed by atoms with Crippen molar-refractivity contribution in [2.45, 2.75) is 27.3 Å². The third-order valence-electron chi connectivity index (χ3n) is 3.65. The number of nitrogens with one attached hydrogen (secondary N) is 1. The highest BCUT2D eigenvalue weighted by Crippen LogP contribution is 2.31. The van der Waals surface area contributed by atoms with Crippen LogP contribution in [0.5, 0.6) is 0 Å². The number of benzene rings is 2. The lowest BCUT2D eigenvalue weighted by atomic mass is 9.97. The number of hydrogen-bond donors (Lipinski definition) is 2. The molecule has 1 aromatic heterocycles. The van der Waals surface area contributed by atoms with Crippen LogP contribution in [0.25, 0.3) is 11.0 Å². The van der Waals surface area contributed by atoms with Gasteiger partial charge in [-0.05, 0) is 51.7 Å². The molecule has 0 aliphatic heterocycles. The van der Waals surface area contributed by atoms with Gasteiger partial charge in [-0.25, -0.2) is 4.68 Å². The molecule has 0 aliphatic rings. The van der Waals surface area contributed by atoms with Crippen LogP contribution >= 0.6 is 15.9 Å². The zero-order chi connectivity index (χ0) is 18.2. The van der Waals surface area contributed by atoms with Crippen LogP contribution in [0.2, 0.25) is 0 Å². The van der Waals surface area contributed by atoms with Gasteiger partial charge in [0.2, 0.25) is 0 Å². The number of fused-ring (bicyclic) bond motifs is 1. The summed E-state index contributed by atoms with van der Waals surface area (Å²) in [6.07, 6.45) is 0. The molecule has 6 nitrogen and oxygen atoms in total. The van der Waals surface area contributed by atoms with Gasteiger partial charge in [0.15, 0.2) is 0 Å². The Balaban J connectivity index is 1.91. The monoisotopic (exact) mass is 401 g/mol. The molecule has 1 amide bonds. The predicted molar refractivity (Wildman–Crippen MR) is 103 cm³/mol. The second kappa shape index (κ2) is 6.48. The van der Waals surface area contributed by atoms with Crippen molar-refractivity contribution < 1.29 is 4.79 Å². The molecular formula is C18H20BrN5O. The number of halogens is 1. The highest BCUT2D eigenvalue weighted by atomic mass is 79.9. The summed E-state index contributed by atoms with van der Waals surface area (Å²) in [4.78, 5) is 12.4. The number of nitrogens with zero attached hydrogens (tertiary/aromatic N) is 3. The molecule has 0 radical (unpaired) electrons. The largest absolute Gasteiger partial charge is 0.399 e. The van der Waals surface area contributed by atoms with Gasteiger partial charge in [-0.2, -0.15) is 0 Å². The molecule has 1 heterocycles. The van der Waals surface area contributed by atoms with Crippen LogP contribution in [0.1, 0.15) is 31.1 Å². The van der Waals surface area contributed by atoms with Crippen molar-refractivity contribution in [2.24, 2.45) is 5.41 Å². The number of nitrogen functional groups attached to an aromatic ring is 1. The Labute approximate surface area is 154 Å². The Morgan fingerprint density at radius 3 is 2.72 bits per heavy atom. The van der Waals surface area contributed by atoms with Crippen LogP contribution < -0.4 is 11.1 Å². The smallest absolute Gasteiger partial charge is 0.255 e. The molecule has 7 heteroatoms. The third kappa shape index (κ3) is 3.82. The number of anilines is 2. The Morgan fingerprint density at radius 1 is 1.28 bits per heavy atom. The fraction of sp³-hybridized carbons (Fsp3) is 0.278. The normalized spacial score (nSPS) is 11.7. The summed E-state index contributed by atoms with van der Waals surface area (Å²) in [7, 11) is 0. The van der Waals surface area contributed by atoms with Crippen LogP contribution in [0.3, 0.4) is 0 Å². The third-order valence-corrected chi connectivity index (χ3v) is 4.45. The van der Waals surface area contributed by atoms with Gasteiger partial charge in [-0.15, -0.1) is 5.10 Å². The molecule has 0 aliphatic carbocycles. The fourth-order valence-electron chi connectivity index (χ4n) is 2.54. The van der Waals surface area contributed by atoms with Gasteiger partial charge < -0.3 is 11.1 Å². The fourth-order valence-corrected chi connectivity index (χ4v) is 3.06. The zero-order valence-electron chi connectivity index (χ0n) is 14.4. The lowest BCUT2D eigenvalue weighted by Gasteiger charge is -2.18. The molecule has 0 unspecified atom stereocenters. The van der Waals surface area contributed by atoms with Gasteiger partial charge in [0.1, 0.15) is 5.52 Å². The summed E-state index contributed by atoms with van der Waals surface area (Å²) in [6.45, 7) is 7.20. The zero-order valence-corrected chi connectivity index (χ0v) is 16.0. The van der Waals surface area contributed by atoms with Crippen molar-refractivity contribution >= 4 is 44.2 Å². The summed E-state index contributed by atoms with van der Waals surface area (Å²) in [5, 5.41) is 11.4. The van der Waals surface area contributed by atoms with E-state index in [0.29, 0.717) is 21.4 Å². The molecule has 2 aromatic carbocycles. The van der Waals surface area contributed by atoms with E-state index in [-0.39, 0.29) is 11.3 Å². The van der Waals surface area contributed by atoms with E-state index in [1.165, 1.54) is 0 Å². The summed E-state index contributed by atoms with van der Waals surface area (Å²) in [5.41, 5.74) is 9.16. The Bertz CT molecular complexity index is 942. The van der Waals surface area contributed by atoms with Crippen LogP contribution in [-0.4, -0.2) is 20.9 Å². The molecule has 0 fully saturated rings. The Hall–Kier alpha value is -2.41. The number of nitrogens with two attached hydrogens (primary N) is 1. The number of amides is 1. The second-order valence-corrected chi connectivity index (χ2v) is 7.98. The summed E-state index contributed by atoms with van der Waals surface area (Å²) >= 11 is 3.54. The first-order valence-electron chi connectivity index (χ1n) is 7.93. The minimum atomic E-state index is -0.227. The van der Waals surface area contributed by atoms with E-state index in [9.17, 15) is 4.79 Å². The van der Waals surface area contributed by atoms with Crippen LogP contribution in [0, 0.1) is 5.41 Å². The summed E-state index contributed by atoms with van der Waals surface area (Å²) in [6, 6.07) is 10.6. The molecule has 130 valence electrons. The number of aromatic nitrogens is 3. The van der Waals surface area contributed by atoms with Gasteiger partial charge in [0, 0.05) is 17.8 Å². The Morgan fingerprint density at radius 2 is 2.04 bits per heavy atom. The average molecular weight is 402 g/mol. The maximum absolute atomic E-state index is 12.4. The molecular weight excluding hydrogens is 382 g/mol. The Kier molecular flexibility index (Phi) is 4.51. The van der Waals surface area contributed by atoms with Crippen LogP contribution in [0.15, 0.2) is 40.9 Å². The molecule has 0 saturated heterocycles. The van der Waals surface area contributed by atoms with Gasteiger partial charge in [0.25, 0.3) is 5.91 Å². The minimum Gasteiger partial charge on any atom is -0.399 e. The molecule has 0 saturated carbocycles. The summed E-state index contributed by atoms with van der Waals surface area (Å²) < 4.78 is 2.59. The highest BCUT2D eigenvalue weighted by Gasteiger charge is 2.18. The summed E-state index contributed by atoms with van der Waals surface area (Å²) in [5.74, 6) is -0.227. The molecule has 0 atom stereocenters. The minimum absolute atomic E-state index is 0.0905. The van der Waals surface area contributed by atoms with Gasteiger partial charge in [-0.3, -0.25) is 4.79 Å². The molecule has 0 bridgehead atoms. The molecule has 3 rings (SSSR count). The van der Waals surface area contributed by atoms with Gasteiger partial charge in [-0.1, -0.05) is 32.1 Å². The number of carbonyl (C=O) groups is 1. The van der Waals surface area contributed by atoms with Gasteiger partial charge in [0.05, 0.1) is 15.7 Å². The lowest BCUT2D eigenvalue weighted by Crippen LogP contribution is -2.16. The number of hydrogen-bond acceptors (Lipinski definition) is 4. The van der Waals surface area contributed by atoms with Crippen molar-refractivity contribution in [1.82, 2.24) is 15.0 Å². The van der Waals surface area contributed by atoms with E-state index in [2.05, 4.69) is 52.3 Å². The van der Waals surface area contributed by atoms with E-state index >= 15 is 0 Å². The van der Waals surface area contributed by atoms with Crippen molar-refractivity contribution in [3.63, 3.8) is 0 Å². The first kappa shape index (κ1) is 17.4. The molecule has 25 heavy (non-hydrogen) atoms. The average Bonchev–Trinajstić information content (AvgIpc) is 2.92. The van der Waals surface area contributed by atoms with Crippen LogP contribution in [-0.2, 0) is 6.54 Å². The standard InChI is InChI=1S/C18H20BrN5O/c1-18(2,3)10-24-14-8-7-13(15(19)16(14)22-23-24)21-17(25)11-5-4-6-12(20)9-11/h4-9H,10,20H2,1-3H3,(H,21,25). The molecule has 0 spiro atoms. The van der Waals surface area contributed by atoms with E-state index in [1.807, 2.05) is 16.8 Å². The molecule has 3 aromatic rings. The van der Waals surface area contributed by atoms with E-state index in [0.717, 1.165) is 17.6 Å². The predicted octanol–water partition coefficient (Wildman–Crippen LogP) is 4.07. The number of rotatable bonds is 3. The van der Waals surface area contributed by atoms with Crippen molar-refractivity contribution in [2.75, 3.05) is 11.1 Å². The van der Waals surface area contributed by atoms with E-state index in [4.69, 9.17) is 5.73 Å².